The van der Waals surface area contributed by atoms with Crippen molar-refractivity contribution >= 4 is 23.2 Å². The van der Waals surface area contributed by atoms with E-state index in [0.29, 0.717) is 38.0 Å². The Morgan fingerprint density at radius 3 is 2.58 bits per heavy atom. The summed E-state index contributed by atoms with van der Waals surface area (Å²) in [5, 5.41) is 3.93. The molecule has 0 unspecified atom stereocenters. The van der Waals surface area contributed by atoms with E-state index in [4.69, 9.17) is 21.7 Å². The molecule has 6 nitrogen and oxygen atoms in total. The van der Waals surface area contributed by atoms with Crippen LogP contribution in [0.2, 0.25) is 0 Å². The zero-order valence-corrected chi connectivity index (χ0v) is 16.3. The summed E-state index contributed by atoms with van der Waals surface area (Å²) in [6.45, 7) is 6.90. The van der Waals surface area contributed by atoms with E-state index in [9.17, 15) is 4.79 Å². The second kappa shape index (κ2) is 8.05. The zero-order valence-electron chi connectivity index (χ0n) is 15.4. The average Bonchev–Trinajstić information content (AvgIpc) is 2.67. The number of thiocarbonyl (C=S) groups is 1. The molecule has 0 spiro atoms. The number of ether oxygens (including phenoxy) is 2. The van der Waals surface area contributed by atoms with Crippen LogP contribution in [0.4, 0.5) is 0 Å². The topological polar surface area (TPSA) is 54.0 Å². The number of carbonyl (C=O) groups excluding carboxylic acids is 1. The van der Waals surface area contributed by atoms with Gasteiger partial charge in [-0.2, -0.15) is 0 Å². The molecule has 2 aliphatic rings. The summed E-state index contributed by atoms with van der Waals surface area (Å²) in [7, 11) is 1.88. The van der Waals surface area contributed by atoms with E-state index < -0.39 is 0 Å². The number of hydrogen-bond acceptors (Lipinski definition) is 4. The van der Waals surface area contributed by atoms with E-state index >= 15 is 0 Å². The van der Waals surface area contributed by atoms with Crippen molar-refractivity contribution in [2.45, 2.75) is 19.9 Å². The summed E-state index contributed by atoms with van der Waals surface area (Å²) in [4.78, 5) is 17.0. The van der Waals surface area contributed by atoms with Gasteiger partial charge in [0.1, 0.15) is 5.75 Å². The molecule has 0 saturated carbocycles. The van der Waals surface area contributed by atoms with E-state index in [0.717, 1.165) is 22.6 Å². The molecule has 0 aliphatic carbocycles. The molecule has 0 radical (unpaired) electrons. The highest BCUT2D eigenvalue weighted by Gasteiger charge is 2.35. The van der Waals surface area contributed by atoms with E-state index in [1.165, 1.54) is 0 Å². The van der Waals surface area contributed by atoms with Gasteiger partial charge in [0, 0.05) is 25.8 Å². The highest BCUT2D eigenvalue weighted by Crippen LogP contribution is 2.32. The van der Waals surface area contributed by atoms with Crippen LogP contribution in [0.5, 0.6) is 5.75 Å². The van der Waals surface area contributed by atoms with Gasteiger partial charge in [0.15, 0.2) is 5.11 Å². The standard InChI is InChI=1S/C19H25N3O3S/c1-4-25-15-7-5-14(6-8-15)17-16(13(2)21(3)19(26)20-17)18(23)22-9-11-24-12-10-22/h5-8,17H,4,9-12H2,1-3H3,(H,20,26)/t17-/m1/s1. The van der Waals surface area contributed by atoms with Crippen LogP contribution in [-0.4, -0.2) is 60.8 Å². The number of nitrogens with one attached hydrogen (secondary N) is 1. The third-order valence-electron chi connectivity index (χ3n) is 4.81. The van der Waals surface area contributed by atoms with Crippen LogP contribution in [0.3, 0.4) is 0 Å². The van der Waals surface area contributed by atoms with Gasteiger partial charge in [0.2, 0.25) is 0 Å². The normalized spacial score (nSPS) is 20.9. The largest absolute Gasteiger partial charge is 0.494 e. The molecule has 1 saturated heterocycles. The second-order valence-electron chi connectivity index (χ2n) is 6.35. The van der Waals surface area contributed by atoms with Gasteiger partial charge in [0.25, 0.3) is 5.91 Å². The Kier molecular flexibility index (Phi) is 5.78. The van der Waals surface area contributed by atoms with Crippen molar-refractivity contribution in [2.24, 2.45) is 0 Å². The van der Waals surface area contributed by atoms with Gasteiger partial charge in [-0.3, -0.25) is 4.79 Å². The number of benzene rings is 1. The summed E-state index contributed by atoms with van der Waals surface area (Å²) < 4.78 is 10.9. The maximum atomic E-state index is 13.2. The van der Waals surface area contributed by atoms with Crippen molar-refractivity contribution in [1.82, 2.24) is 15.1 Å². The van der Waals surface area contributed by atoms with E-state index in [2.05, 4.69) is 5.32 Å². The second-order valence-corrected chi connectivity index (χ2v) is 6.73. The number of allylic oxidation sites excluding steroid dienone is 1. The molecular formula is C19H25N3O3S. The first kappa shape index (κ1) is 18.7. The van der Waals surface area contributed by atoms with Crippen molar-refractivity contribution in [1.29, 1.82) is 0 Å². The number of rotatable bonds is 4. The van der Waals surface area contributed by atoms with Gasteiger partial charge in [-0.05, 0) is 43.8 Å². The Morgan fingerprint density at radius 2 is 1.96 bits per heavy atom. The van der Waals surface area contributed by atoms with Gasteiger partial charge in [-0.25, -0.2) is 0 Å². The monoisotopic (exact) mass is 375 g/mol. The Labute approximate surface area is 159 Å². The smallest absolute Gasteiger partial charge is 0.254 e. The number of carbonyl (C=O) groups is 1. The highest BCUT2D eigenvalue weighted by atomic mass is 32.1. The number of nitrogens with zero attached hydrogens (tertiary/aromatic N) is 2. The lowest BCUT2D eigenvalue weighted by Crippen LogP contribution is -2.50. The van der Waals surface area contributed by atoms with Gasteiger partial charge in [-0.15, -0.1) is 0 Å². The van der Waals surface area contributed by atoms with Crippen LogP contribution in [0.15, 0.2) is 35.5 Å². The van der Waals surface area contributed by atoms with E-state index in [1.807, 2.05) is 55.0 Å². The van der Waals surface area contributed by atoms with Crippen LogP contribution in [-0.2, 0) is 9.53 Å². The fraction of sp³-hybridized carbons (Fsp3) is 0.474. The molecule has 0 aromatic heterocycles. The fourth-order valence-corrected chi connectivity index (χ4v) is 3.48. The summed E-state index contributed by atoms with van der Waals surface area (Å²) in [6.07, 6.45) is 0. The van der Waals surface area contributed by atoms with Crippen LogP contribution in [0.1, 0.15) is 25.5 Å². The molecule has 140 valence electrons. The Hall–Kier alpha value is -2.12. The molecule has 1 fully saturated rings. The lowest BCUT2D eigenvalue weighted by Gasteiger charge is -2.38. The first-order valence-corrected chi connectivity index (χ1v) is 9.28. The Balaban J connectivity index is 1.95. The van der Waals surface area contributed by atoms with E-state index in [-0.39, 0.29) is 11.9 Å². The predicted octanol–water partition coefficient (Wildman–Crippen LogP) is 2.08. The lowest BCUT2D eigenvalue weighted by molar-refractivity contribution is -0.131. The first-order chi connectivity index (χ1) is 12.5. The molecule has 1 aromatic carbocycles. The van der Waals surface area contributed by atoms with Crippen molar-refractivity contribution in [3.63, 3.8) is 0 Å². The molecule has 2 heterocycles. The van der Waals surface area contributed by atoms with E-state index in [1.54, 1.807) is 0 Å². The SMILES string of the molecule is CCOc1ccc([C@H]2NC(=S)N(C)C(C)=C2C(=O)N2CCOCC2)cc1. The molecule has 1 atom stereocenters. The molecule has 7 heteroatoms. The number of hydrogen-bond donors (Lipinski definition) is 1. The molecule has 1 aromatic rings. The molecular weight excluding hydrogens is 350 g/mol. The first-order valence-electron chi connectivity index (χ1n) is 8.87. The van der Waals surface area contributed by atoms with Crippen LogP contribution < -0.4 is 10.1 Å². The van der Waals surface area contributed by atoms with Crippen molar-refractivity contribution in [2.75, 3.05) is 40.0 Å². The van der Waals surface area contributed by atoms with Crippen LogP contribution >= 0.6 is 12.2 Å². The van der Waals surface area contributed by atoms with Crippen LogP contribution in [0.25, 0.3) is 0 Å². The average molecular weight is 375 g/mol. The molecule has 1 amide bonds. The Morgan fingerprint density at radius 1 is 1.31 bits per heavy atom. The Bertz CT molecular complexity index is 711. The van der Waals surface area contributed by atoms with Gasteiger partial charge < -0.3 is 24.6 Å². The fourth-order valence-electron chi connectivity index (χ4n) is 3.22. The van der Waals surface area contributed by atoms with Crippen molar-refractivity contribution in [3.05, 3.63) is 41.1 Å². The van der Waals surface area contributed by atoms with Crippen molar-refractivity contribution < 1.29 is 14.3 Å². The minimum Gasteiger partial charge on any atom is -0.494 e. The summed E-state index contributed by atoms with van der Waals surface area (Å²) in [6, 6.07) is 7.54. The highest BCUT2D eigenvalue weighted by molar-refractivity contribution is 7.80. The van der Waals surface area contributed by atoms with Gasteiger partial charge in [-0.1, -0.05) is 12.1 Å². The minimum absolute atomic E-state index is 0.0338. The summed E-state index contributed by atoms with van der Waals surface area (Å²) >= 11 is 5.46. The van der Waals surface area contributed by atoms with Crippen molar-refractivity contribution in [3.8, 4) is 5.75 Å². The quantitative estimate of drug-likeness (QED) is 0.814. The molecule has 0 bridgehead atoms. The molecule has 1 N–H and O–H groups in total. The van der Waals surface area contributed by atoms with Gasteiger partial charge >= 0.3 is 0 Å². The maximum absolute atomic E-state index is 13.2. The predicted molar refractivity (Wildman–Crippen MR) is 104 cm³/mol. The lowest BCUT2D eigenvalue weighted by atomic mass is 9.94. The molecule has 26 heavy (non-hydrogen) atoms. The minimum atomic E-state index is -0.273. The third kappa shape index (κ3) is 3.68. The molecule has 2 aliphatic heterocycles. The summed E-state index contributed by atoms with van der Waals surface area (Å²) in [5.74, 6) is 0.847. The zero-order chi connectivity index (χ0) is 18.7. The van der Waals surface area contributed by atoms with Gasteiger partial charge in [0.05, 0.1) is 31.4 Å². The maximum Gasteiger partial charge on any atom is 0.254 e. The number of amides is 1. The van der Waals surface area contributed by atoms with Crippen LogP contribution in [0, 0.1) is 0 Å². The summed E-state index contributed by atoms with van der Waals surface area (Å²) in [5.41, 5.74) is 2.59. The third-order valence-corrected chi connectivity index (χ3v) is 5.20. The number of morpholine rings is 1. The molecule has 3 rings (SSSR count).